The summed E-state index contributed by atoms with van der Waals surface area (Å²) in [6.45, 7) is 7.06. The van der Waals surface area contributed by atoms with Crippen LogP contribution in [-0.2, 0) is 0 Å². The summed E-state index contributed by atoms with van der Waals surface area (Å²) >= 11 is 0. The van der Waals surface area contributed by atoms with Crippen LogP contribution in [0.2, 0.25) is 0 Å². The third-order valence-electron chi connectivity index (χ3n) is 4.25. The molecule has 0 N–H and O–H groups in total. The van der Waals surface area contributed by atoms with Gasteiger partial charge in [0.25, 0.3) is 0 Å². The highest BCUT2D eigenvalue weighted by Gasteiger charge is 2.22. The Bertz CT molecular complexity index is 519. The number of nitrogens with zero attached hydrogens (tertiary/aromatic N) is 2. The van der Waals surface area contributed by atoms with E-state index in [1.54, 1.807) is 0 Å². The molecule has 1 aromatic carbocycles. The lowest BCUT2D eigenvalue weighted by Gasteiger charge is -2.35. The monoisotopic (exact) mass is 242 g/mol. The molecule has 2 heteroatoms. The van der Waals surface area contributed by atoms with Gasteiger partial charge in [-0.15, -0.1) is 0 Å². The molecule has 3 rings (SSSR count). The lowest BCUT2D eigenvalue weighted by molar-refractivity contribution is 0.153. The summed E-state index contributed by atoms with van der Waals surface area (Å²) in [7, 11) is 0. The fourth-order valence-electron chi connectivity index (χ4n) is 3.10. The topological polar surface area (TPSA) is 8.17 Å². The minimum Gasteiger partial charge on any atom is -0.344 e. The molecule has 1 aliphatic heterocycles. The molecule has 96 valence electrons. The molecule has 1 aliphatic rings. The van der Waals surface area contributed by atoms with Crippen LogP contribution in [0.1, 0.15) is 32.7 Å². The van der Waals surface area contributed by atoms with Crippen molar-refractivity contribution in [3.63, 3.8) is 0 Å². The molecular weight excluding hydrogens is 220 g/mol. The second kappa shape index (κ2) is 4.77. The number of rotatable bonds is 2. The van der Waals surface area contributed by atoms with Crippen molar-refractivity contribution in [2.75, 3.05) is 13.1 Å². The number of hydrogen-bond donors (Lipinski definition) is 0. The molecule has 0 bridgehead atoms. The second-order valence-corrected chi connectivity index (χ2v) is 5.64. The third-order valence-corrected chi connectivity index (χ3v) is 4.25. The van der Waals surface area contributed by atoms with Gasteiger partial charge in [-0.3, -0.25) is 0 Å². The van der Waals surface area contributed by atoms with E-state index >= 15 is 0 Å². The Hall–Kier alpha value is -1.28. The van der Waals surface area contributed by atoms with Crippen molar-refractivity contribution < 1.29 is 0 Å². The van der Waals surface area contributed by atoms with Crippen LogP contribution in [0, 0.1) is 0 Å². The third kappa shape index (κ3) is 2.05. The van der Waals surface area contributed by atoms with E-state index in [0.29, 0.717) is 12.1 Å². The zero-order valence-electron chi connectivity index (χ0n) is 11.3. The number of hydrogen-bond acceptors (Lipinski definition) is 1. The summed E-state index contributed by atoms with van der Waals surface area (Å²) < 4.78 is 2.48. The first-order chi connectivity index (χ1) is 8.75. The number of benzene rings is 1. The van der Waals surface area contributed by atoms with Crippen molar-refractivity contribution in [1.82, 2.24) is 9.47 Å². The predicted octanol–water partition coefficient (Wildman–Crippen LogP) is 3.69. The van der Waals surface area contributed by atoms with Crippen molar-refractivity contribution in [3.05, 3.63) is 36.5 Å². The van der Waals surface area contributed by atoms with Gasteiger partial charge in [-0.2, -0.15) is 0 Å². The summed E-state index contributed by atoms with van der Waals surface area (Å²) in [5, 5.41) is 1.36. The van der Waals surface area contributed by atoms with Crippen LogP contribution in [0.3, 0.4) is 0 Å². The molecule has 1 fully saturated rings. The minimum absolute atomic E-state index is 0.680. The molecule has 0 aliphatic carbocycles. The quantitative estimate of drug-likeness (QED) is 0.780. The number of para-hydroxylation sites is 1. The van der Waals surface area contributed by atoms with E-state index in [9.17, 15) is 0 Å². The van der Waals surface area contributed by atoms with Crippen molar-refractivity contribution in [2.24, 2.45) is 0 Å². The standard InChI is InChI=1S/C16H22N2/c1-13(2)17-10-8-15(9-11-17)18-12-7-14-5-3-4-6-16(14)18/h3-7,12-13,15H,8-11H2,1-2H3. The molecule has 2 heterocycles. The zero-order chi connectivity index (χ0) is 12.5. The molecule has 0 amide bonds. The van der Waals surface area contributed by atoms with E-state index in [1.165, 1.54) is 36.8 Å². The largest absolute Gasteiger partial charge is 0.344 e. The Labute approximate surface area is 109 Å². The average Bonchev–Trinajstić information content (AvgIpc) is 2.82. The van der Waals surface area contributed by atoms with Gasteiger partial charge in [0.1, 0.15) is 0 Å². The van der Waals surface area contributed by atoms with Crippen molar-refractivity contribution in [1.29, 1.82) is 0 Å². The lowest BCUT2D eigenvalue weighted by atomic mass is 10.0. The average molecular weight is 242 g/mol. The highest BCUT2D eigenvalue weighted by atomic mass is 15.2. The fourth-order valence-corrected chi connectivity index (χ4v) is 3.10. The van der Waals surface area contributed by atoms with Gasteiger partial charge in [0.2, 0.25) is 0 Å². The van der Waals surface area contributed by atoms with Gasteiger partial charge >= 0.3 is 0 Å². The van der Waals surface area contributed by atoms with Gasteiger partial charge in [0.05, 0.1) is 0 Å². The van der Waals surface area contributed by atoms with Crippen molar-refractivity contribution in [3.8, 4) is 0 Å². The number of aromatic nitrogens is 1. The maximum Gasteiger partial charge on any atom is 0.0482 e. The Morgan fingerprint density at radius 1 is 1.06 bits per heavy atom. The Kier molecular flexibility index (Phi) is 3.13. The molecule has 0 radical (unpaired) electrons. The van der Waals surface area contributed by atoms with Crippen molar-refractivity contribution in [2.45, 2.75) is 38.8 Å². The Balaban J connectivity index is 1.80. The molecule has 18 heavy (non-hydrogen) atoms. The molecule has 1 saturated heterocycles. The summed E-state index contributed by atoms with van der Waals surface area (Å²) in [4.78, 5) is 2.59. The predicted molar refractivity (Wildman–Crippen MR) is 76.9 cm³/mol. The first-order valence-corrected chi connectivity index (χ1v) is 7.05. The first-order valence-electron chi connectivity index (χ1n) is 7.05. The lowest BCUT2D eigenvalue weighted by Crippen LogP contribution is -2.38. The molecule has 0 spiro atoms. The Morgan fingerprint density at radius 2 is 1.78 bits per heavy atom. The highest BCUT2D eigenvalue weighted by molar-refractivity contribution is 5.80. The van der Waals surface area contributed by atoms with Crippen LogP contribution < -0.4 is 0 Å². The van der Waals surface area contributed by atoms with E-state index < -0.39 is 0 Å². The smallest absolute Gasteiger partial charge is 0.0482 e. The van der Waals surface area contributed by atoms with E-state index in [4.69, 9.17) is 0 Å². The summed E-state index contributed by atoms with van der Waals surface area (Å²) in [6.07, 6.45) is 4.81. The molecule has 0 saturated carbocycles. The number of likely N-dealkylation sites (tertiary alicyclic amines) is 1. The van der Waals surface area contributed by atoms with Crippen LogP contribution >= 0.6 is 0 Å². The number of piperidine rings is 1. The fraction of sp³-hybridized carbons (Fsp3) is 0.500. The van der Waals surface area contributed by atoms with E-state index in [-0.39, 0.29) is 0 Å². The maximum absolute atomic E-state index is 2.59. The van der Waals surface area contributed by atoms with Gasteiger partial charge in [-0.25, -0.2) is 0 Å². The van der Waals surface area contributed by atoms with Gasteiger partial charge in [0, 0.05) is 36.9 Å². The molecule has 2 nitrogen and oxygen atoms in total. The van der Waals surface area contributed by atoms with E-state index in [1.807, 2.05) is 0 Å². The van der Waals surface area contributed by atoms with Crippen LogP contribution in [0.25, 0.3) is 10.9 Å². The summed E-state index contributed by atoms with van der Waals surface area (Å²) in [6, 6.07) is 12.3. The van der Waals surface area contributed by atoms with Crippen LogP contribution in [0.15, 0.2) is 36.5 Å². The molecule has 1 aromatic heterocycles. The van der Waals surface area contributed by atoms with Gasteiger partial charge in [-0.1, -0.05) is 18.2 Å². The highest BCUT2D eigenvalue weighted by Crippen LogP contribution is 2.28. The normalized spacial score (nSPS) is 18.8. The first kappa shape index (κ1) is 11.8. The van der Waals surface area contributed by atoms with Crippen molar-refractivity contribution >= 4 is 10.9 Å². The van der Waals surface area contributed by atoms with Gasteiger partial charge in [0.15, 0.2) is 0 Å². The maximum atomic E-state index is 2.59. The Morgan fingerprint density at radius 3 is 2.50 bits per heavy atom. The molecule has 0 atom stereocenters. The molecule has 2 aromatic rings. The SMILES string of the molecule is CC(C)N1CCC(n2ccc3ccccc32)CC1. The summed E-state index contributed by atoms with van der Waals surface area (Å²) in [5.41, 5.74) is 1.39. The minimum atomic E-state index is 0.680. The van der Waals surface area contributed by atoms with E-state index in [2.05, 4.69) is 59.8 Å². The zero-order valence-corrected chi connectivity index (χ0v) is 11.3. The van der Waals surface area contributed by atoms with Gasteiger partial charge < -0.3 is 9.47 Å². The second-order valence-electron chi connectivity index (χ2n) is 5.64. The number of fused-ring (bicyclic) bond motifs is 1. The van der Waals surface area contributed by atoms with Crippen LogP contribution in [0.5, 0.6) is 0 Å². The molecule has 0 unspecified atom stereocenters. The molecular formula is C16H22N2. The van der Waals surface area contributed by atoms with Crippen LogP contribution in [0.4, 0.5) is 0 Å². The van der Waals surface area contributed by atoms with Crippen LogP contribution in [-0.4, -0.2) is 28.6 Å². The van der Waals surface area contributed by atoms with E-state index in [0.717, 1.165) is 0 Å². The summed E-state index contributed by atoms with van der Waals surface area (Å²) in [5.74, 6) is 0. The van der Waals surface area contributed by atoms with Gasteiger partial charge in [-0.05, 0) is 44.2 Å².